The van der Waals surface area contributed by atoms with Gasteiger partial charge in [0.1, 0.15) is 0 Å². The number of amides is 2. The van der Waals surface area contributed by atoms with E-state index in [9.17, 15) is 9.59 Å². The molecule has 168 valence electrons. The number of hydrogen-bond donors (Lipinski definition) is 1. The quantitative estimate of drug-likeness (QED) is 0.514. The molecule has 0 bridgehead atoms. The fourth-order valence-corrected chi connectivity index (χ4v) is 3.19. The van der Waals surface area contributed by atoms with Crippen LogP contribution in [0.1, 0.15) is 50.4 Å². The van der Waals surface area contributed by atoms with E-state index in [0.29, 0.717) is 40.2 Å². The molecule has 1 N–H and O–H groups in total. The minimum absolute atomic E-state index is 0.120. The Labute approximate surface area is 192 Å². The lowest BCUT2D eigenvalue weighted by Gasteiger charge is -2.21. The lowest BCUT2D eigenvalue weighted by molar-refractivity contribution is -0.123. The first-order valence-electron chi connectivity index (χ1n) is 10.5. The molecule has 8 heteroatoms. The van der Waals surface area contributed by atoms with E-state index in [0.717, 1.165) is 6.42 Å². The van der Waals surface area contributed by atoms with Crippen LogP contribution >= 0.6 is 11.6 Å². The largest absolute Gasteiger partial charge is 0.419 e. The lowest BCUT2D eigenvalue weighted by atomic mass is 9.95. The highest BCUT2D eigenvalue weighted by Gasteiger charge is 2.23. The van der Waals surface area contributed by atoms with Gasteiger partial charge in [0.2, 0.25) is 17.7 Å². The second kappa shape index (κ2) is 9.96. The van der Waals surface area contributed by atoms with Crippen molar-refractivity contribution in [2.24, 2.45) is 5.41 Å². The van der Waals surface area contributed by atoms with Gasteiger partial charge in [0.05, 0.1) is 17.1 Å². The molecule has 3 rings (SSSR count). The Morgan fingerprint density at radius 2 is 1.84 bits per heavy atom. The highest BCUT2D eigenvalue weighted by atomic mass is 35.5. The molecule has 7 nitrogen and oxygen atoms in total. The maximum Gasteiger partial charge on any atom is 0.254 e. The third-order valence-electron chi connectivity index (χ3n) is 4.73. The predicted molar refractivity (Wildman–Crippen MR) is 124 cm³/mol. The monoisotopic (exact) mass is 454 g/mol. The van der Waals surface area contributed by atoms with Crippen molar-refractivity contribution in [3.05, 3.63) is 65.0 Å². The summed E-state index contributed by atoms with van der Waals surface area (Å²) in [6, 6.07) is 14.1. The van der Waals surface area contributed by atoms with Crippen LogP contribution in [-0.2, 0) is 11.3 Å². The molecule has 3 aromatic rings. The fourth-order valence-electron chi connectivity index (χ4n) is 2.98. The number of anilines is 1. The molecule has 2 aromatic carbocycles. The summed E-state index contributed by atoms with van der Waals surface area (Å²) in [4.78, 5) is 27.1. The van der Waals surface area contributed by atoms with Gasteiger partial charge in [0.15, 0.2) is 0 Å². The van der Waals surface area contributed by atoms with Gasteiger partial charge in [-0.2, -0.15) is 0 Å². The number of carbonyl (C=O) groups is 2. The topological polar surface area (TPSA) is 88.3 Å². The highest BCUT2D eigenvalue weighted by molar-refractivity contribution is 6.33. The molecular formula is C24H27ClN4O3. The zero-order chi connectivity index (χ0) is 23.3. The minimum atomic E-state index is -0.536. The van der Waals surface area contributed by atoms with Crippen LogP contribution in [0.3, 0.4) is 0 Å². The Kier molecular flexibility index (Phi) is 7.30. The number of rotatable bonds is 7. The number of halogens is 1. The molecule has 0 saturated heterocycles. The van der Waals surface area contributed by atoms with Gasteiger partial charge in [0.25, 0.3) is 5.91 Å². The summed E-state index contributed by atoms with van der Waals surface area (Å²) in [6.45, 7) is 8.18. The Morgan fingerprint density at radius 3 is 2.53 bits per heavy atom. The molecule has 0 aliphatic rings. The van der Waals surface area contributed by atoms with Crippen LogP contribution < -0.4 is 5.32 Å². The maximum absolute atomic E-state index is 13.2. The maximum atomic E-state index is 13.2. The smallest absolute Gasteiger partial charge is 0.254 e. The van der Waals surface area contributed by atoms with Crippen molar-refractivity contribution in [2.75, 3.05) is 11.9 Å². The number of carbonyl (C=O) groups excluding carboxylic acids is 2. The molecule has 0 spiro atoms. The fraction of sp³-hybridized carbons (Fsp3) is 0.333. The molecule has 0 unspecified atom stereocenters. The van der Waals surface area contributed by atoms with E-state index in [1.165, 1.54) is 0 Å². The average Bonchev–Trinajstić information content (AvgIpc) is 3.21. The van der Waals surface area contributed by atoms with Gasteiger partial charge in [-0.3, -0.25) is 9.59 Å². The zero-order valence-electron chi connectivity index (χ0n) is 18.7. The first-order chi connectivity index (χ1) is 15.2. The Bertz CT molecular complexity index is 1100. The summed E-state index contributed by atoms with van der Waals surface area (Å²) >= 11 is 6.21. The summed E-state index contributed by atoms with van der Waals surface area (Å²) < 4.78 is 5.77. The number of hydrogen-bond acceptors (Lipinski definition) is 5. The summed E-state index contributed by atoms with van der Waals surface area (Å²) in [5.74, 6) is 0.321. The first kappa shape index (κ1) is 23.5. The second-order valence-corrected chi connectivity index (χ2v) is 8.90. The van der Waals surface area contributed by atoms with Gasteiger partial charge < -0.3 is 14.6 Å². The molecule has 0 saturated carbocycles. The zero-order valence-corrected chi connectivity index (χ0v) is 19.4. The van der Waals surface area contributed by atoms with Crippen molar-refractivity contribution in [3.8, 4) is 11.5 Å². The van der Waals surface area contributed by atoms with Crippen molar-refractivity contribution in [2.45, 2.75) is 40.7 Å². The second-order valence-electron chi connectivity index (χ2n) is 8.49. The van der Waals surface area contributed by atoms with Crippen molar-refractivity contribution in [1.82, 2.24) is 15.1 Å². The number of nitrogens with one attached hydrogen (secondary N) is 1. The average molecular weight is 455 g/mol. The summed E-state index contributed by atoms with van der Waals surface area (Å²) in [5, 5.41) is 11.5. The van der Waals surface area contributed by atoms with E-state index >= 15 is 0 Å². The van der Waals surface area contributed by atoms with Crippen LogP contribution in [0.4, 0.5) is 5.69 Å². The molecule has 0 fully saturated rings. The SMILES string of the molecule is CCCN(Cc1nnc(-c2ccccc2Cl)o1)C(=O)c1cccc(NC(=O)C(C)(C)C)c1. The molecule has 1 aromatic heterocycles. The van der Waals surface area contributed by atoms with E-state index in [2.05, 4.69) is 15.5 Å². The van der Waals surface area contributed by atoms with Crippen LogP contribution in [0.5, 0.6) is 0 Å². The van der Waals surface area contributed by atoms with Crippen LogP contribution in [0.2, 0.25) is 5.02 Å². The highest BCUT2D eigenvalue weighted by Crippen LogP contribution is 2.26. The van der Waals surface area contributed by atoms with Gasteiger partial charge in [-0.15, -0.1) is 10.2 Å². The van der Waals surface area contributed by atoms with Crippen LogP contribution in [-0.4, -0.2) is 33.5 Å². The third kappa shape index (κ3) is 5.73. The van der Waals surface area contributed by atoms with E-state index < -0.39 is 5.41 Å². The van der Waals surface area contributed by atoms with Crippen molar-refractivity contribution in [3.63, 3.8) is 0 Å². The summed E-state index contributed by atoms with van der Waals surface area (Å²) in [7, 11) is 0. The lowest BCUT2D eigenvalue weighted by Crippen LogP contribution is -2.31. The van der Waals surface area contributed by atoms with Crippen molar-refractivity contribution in [1.29, 1.82) is 0 Å². The molecule has 2 amide bonds. The molecule has 0 radical (unpaired) electrons. The molecule has 1 heterocycles. The van der Waals surface area contributed by atoms with Crippen LogP contribution in [0.25, 0.3) is 11.5 Å². The van der Waals surface area contributed by atoms with E-state index in [1.807, 2.05) is 39.8 Å². The summed E-state index contributed by atoms with van der Waals surface area (Å²) in [5.41, 5.74) is 1.15. The Hall–Kier alpha value is -3.19. The van der Waals surface area contributed by atoms with Gasteiger partial charge >= 0.3 is 0 Å². The standard InChI is InChI=1S/C24H27ClN4O3/c1-5-13-29(15-20-27-28-21(32-20)18-11-6-7-12-19(18)25)22(30)16-9-8-10-17(14-16)26-23(31)24(2,3)4/h6-12,14H,5,13,15H2,1-4H3,(H,26,31). The molecule has 0 aliphatic carbocycles. The van der Waals surface area contributed by atoms with Crippen molar-refractivity contribution >= 4 is 29.1 Å². The first-order valence-corrected chi connectivity index (χ1v) is 10.8. The number of nitrogens with zero attached hydrogens (tertiary/aromatic N) is 3. The normalized spacial score (nSPS) is 11.3. The predicted octanol–water partition coefficient (Wildman–Crippen LogP) is 5.43. The van der Waals surface area contributed by atoms with Gasteiger partial charge in [-0.1, -0.05) is 57.5 Å². The van der Waals surface area contributed by atoms with Gasteiger partial charge in [-0.25, -0.2) is 0 Å². The van der Waals surface area contributed by atoms with Crippen LogP contribution in [0.15, 0.2) is 52.9 Å². The van der Waals surface area contributed by atoms with Crippen LogP contribution in [0, 0.1) is 5.41 Å². The van der Waals surface area contributed by atoms with Gasteiger partial charge in [-0.05, 0) is 36.8 Å². The molecule has 32 heavy (non-hydrogen) atoms. The molecule has 0 atom stereocenters. The molecular weight excluding hydrogens is 428 g/mol. The van der Waals surface area contributed by atoms with Crippen molar-refractivity contribution < 1.29 is 14.0 Å². The summed E-state index contributed by atoms with van der Waals surface area (Å²) in [6.07, 6.45) is 0.762. The van der Waals surface area contributed by atoms with E-state index in [1.54, 1.807) is 41.3 Å². The molecule has 0 aliphatic heterocycles. The van der Waals surface area contributed by atoms with Gasteiger partial charge in [0, 0.05) is 23.2 Å². The number of aromatic nitrogens is 2. The van der Waals surface area contributed by atoms with E-state index in [-0.39, 0.29) is 18.4 Å². The number of benzene rings is 2. The third-order valence-corrected chi connectivity index (χ3v) is 5.06. The Morgan fingerprint density at radius 1 is 1.09 bits per heavy atom. The minimum Gasteiger partial charge on any atom is -0.419 e. The van der Waals surface area contributed by atoms with E-state index in [4.69, 9.17) is 16.0 Å². The Balaban J connectivity index is 1.78.